The lowest BCUT2D eigenvalue weighted by molar-refractivity contribution is 0.209. The summed E-state index contributed by atoms with van der Waals surface area (Å²) in [5.41, 5.74) is 10.2. The second-order valence-electron chi connectivity index (χ2n) is 17.0. The maximum Gasteiger partial charge on any atom is 0.308 e. The largest absolute Gasteiger partial charge is 0.489 e. The van der Waals surface area contributed by atoms with Crippen LogP contribution in [0.2, 0.25) is 0 Å². The van der Waals surface area contributed by atoms with E-state index in [0.717, 1.165) is 104 Å². The molecule has 59 heavy (non-hydrogen) atoms. The molecule has 4 unspecified atom stereocenters. The molecule has 0 heterocycles. The molecule has 0 amide bonds. The molecular formula is C49H66B2O8. The van der Waals surface area contributed by atoms with Crippen LogP contribution in [-0.4, -0.2) is 78.0 Å². The molecule has 316 valence electrons. The summed E-state index contributed by atoms with van der Waals surface area (Å²) in [5.74, 6) is 4.44. The summed E-state index contributed by atoms with van der Waals surface area (Å²) in [5, 5.41) is 19.1. The van der Waals surface area contributed by atoms with Crippen LogP contribution in [0.3, 0.4) is 0 Å². The maximum atomic E-state index is 9.56. The van der Waals surface area contributed by atoms with Crippen molar-refractivity contribution >= 4 is 25.9 Å². The van der Waals surface area contributed by atoms with Gasteiger partial charge < -0.3 is 38.5 Å². The van der Waals surface area contributed by atoms with Gasteiger partial charge in [-0.15, -0.1) is 0 Å². The molecule has 2 N–H and O–H groups in total. The highest BCUT2D eigenvalue weighted by Crippen LogP contribution is 2.65. The Morgan fingerprint density at radius 2 is 0.780 bits per heavy atom. The van der Waals surface area contributed by atoms with E-state index >= 15 is 0 Å². The molecule has 4 aromatic rings. The molecule has 0 saturated carbocycles. The minimum Gasteiger partial charge on any atom is -0.489 e. The molecule has 2 aliphatic carbocycles. The van der Waals surface area contributed by atoms with E-state index in [2.05, 4.69) is 116 Å². The topological polar surface area (TPSA) is 95.8 Å². The summed E-state index contributed by atoms with van der Waals surface area (Å²) in [6.45, 7) is 20.4. The van der Waals surface area contributed by atoms with Crippen LogP contribution in [0, 0.1) is 23.7 Å². The molecule has 4 atom stereocenters. The van der Waals surface area contributed by atoms with Gasteiger partial charge in [-0.25, -0.2) is 0 Å². The summed E-state index contributed by atoms with van der Waals surface area (Å²) in [7, 11) is 0.745. The fourth-order valence-electron chi connectivity index (χ4n) is 7.87. The molecule has 0 fully saturated rings. The number of aliphatic hydroxyl groups excluding tert-OH is 2. The molecular weight excluding hydrogens is 738 g/mol. The average molecular weight is 805 g/mol. The average Bonchev–Trinajstić information content (AvgIpc) is 3.70. The van der Waals surface area contributed by atoms with Gasteiger partial charge in [-0.2, -0.15) is 0 Å². The quantitative estimate of drug-likeness (QED) is 0.0475. The van der Waals surface area contributed by atoms with Crippen molar-refractivity contribution in [2.75, 3.05) is 52.9 Å². The zero-order valence-electron chi connectivity index (χ0n) is 36.8. The van der Waals surface area contributed by atoms with Crippen LogP contribution in [0.25, 0.3) is 22.3 Å². The first kappa shape index (κ1) is 44.6. The maximum absolute atomic E-state index is 9.56. The van der Waals surface area contributed by atoms with Crippen LogP contribution in [0.15, 0.2) is 60.7 Å². The van der Waals surface area contributed by atoms with Gasteiger partial charge in [0.25, 0.3) is 0 Å². The van der Waals surface area contributed by atoms with Crippen LogP contribution in [0.4, 0.5) is 0 Å². The summed E-state index contributed by atoms with van der Waals surface area (Å²) in [6, 6.07) is 22.2. The van der Waals surface area contributed by atoms with Gasteiger partial charge in [0.15, 0.2) is 23.0 Å². The number of benzene rings is 4. The summed E-state index contributed by atoms with van der Waals surface area (Å²) >= 11 is 0. The van der Waals surface area contributed by atoms with E-state index in [0.29, 0.717) is 65.1 Å². The number of fused-ring (bicyclic) bond motifs is 10. The lowest BCUT2D eigenvalue weighted by Gasteiger charge is -2.32. The van der Waals surface area contributed by atoms with E-state index in [1.165, 1.54) is 0 Å². The predicted octanol–water partition coefficient (Wildman–Crippen LogP) is 7.70. The Morgan fingerprint density at radius 3 is 1.10 bits per heavy atom. The molecule has 0 saturated heterocycles. The highest BCUT2D eigenvalue weighted by Gasteiger charge is 2.53. The molecule has 4 aromatic carbocycles. The van der Waals surface area contributed by atoms with Crippen molar-refractivity contribution in [3.8, 4) is 45.3 Å². The minimum atomic E-state index is -0.775. The van der Waals surface area contributed by atoms with Gasteiger partial charge in [0, 0.05) is 0 Å². The Kier molecular flexibility index (Phi) is 15.5. The van der Waals surface area contributed by atoms with Crippen LogP contribution in [-0.2, 0) is 14.7 Å². The van der Waals surface area contributed by atoms with Gasteiger partial charge in [-0.05, 0) is 92.4 Å². The summed E-state index contributed by atoms with van der Waals surface area (Å²) in [6.07, 6.45) is 4.04. The standard InChI is InChI=1S/C49H66B2O8/c1-9-31(5)27-54-45-23-39-40-24-46(55-28-32(6)10-2)48(57-30-34(8)12-4)26-44(40)49(43(39)25-47(45)56-29-33(7)11-3)41-21-35(50-58-19-17-52)13-15-37(41)38-16-14-36(22-42(38)49)51-59-20-18-53/h13-16,21-26,31-34,50-53H,9-12,17-20,27-30H2,1-8H3. The zero-order valence-corrected chi connectivity index (χ0v) is 36.8. The van der Waals surface area contributed by atoms with Gasteiger partial charge >= 0.3 is 15.0 Å². The fraction of sp³-hybridized carbons (Fsp3) is 0.510. The van der Waals surface area contributed by atoms with Crippen molar-refractivity contribution in [2.45, 2.75) is 86.5 Å². The number of hydrogen-bond acceptors (Lipinski definition) is 8. The molecule has 10 heteroatoms. The SMILES string of the molecule is CCC(C)COc1cc2c(cc1OCC(C)CC)C1(c3cc(BOCCO)ccc3-c3ccc(BOCCO)cc31)c1cc(OCC(C)CC)c(OCC(C)CC)cc1-2. The van der Waals surface area contributed by atoms with E-state index in [1.54, 1.807) is 0 Å². The van der Waals surface area contributed by atoms with E-state index in [9.17, 15) is 10.2 Å². The van der Waals surface area contributed by atoms with E-state index < -0.39 is 5.41 Å². The summed E-state index contributed by atoms with van der Waals surface area (Å²) in [4.78, 5) is 0. The third-order valence-electron chi connectivity index (χ3n) is 12.4. The number of ether oxygens (including phenoxy) is 4. The second kappa shape index (κ2) is 20.5. The highest BCUT2D eigenvalue weighted by molar-refractivity contribution is 6.47. The van der Waals surface area contributed by atoms with Gasteiger partial charge in [0.05, 0.1) is 58.3 Å². The molecule has 6 rings (SSSR count). The molecule has 1 spiro atoms. The Balaban J connectivity index is 1.69. The van der Waals surface area contributed by atoms with Gasteiger partial charge in [0.2, 0.25) is 0 Å². The zero-order chi connectivity index (χ0) is 42.1. The van der Waals surface area contributed by atoms with Crippen molar-refractivity contribution in [2.24, 2.45) is 23.7 Å². The first-order chi connectivity index (χ1) is 28.6. The Morgan fingerprint density at radius 1 is 0.458 bits per heavy atom. The van der Waals surface area contributed by atoms with E-state index in [1.807, 2.05) is 0 Å². The van der Waals surface area contributed by atoms with Crippen molar-refractivity contribution < 1.29 is 38.5 Å². The van der Waals surface area contributed by atoms with E-state index in [4.69, 9.17) is 28.3 Å². The van der Waals surface area contributed by atoms with Gasteiger partial charge in [-0.3, -0.25) is 0 Å². The Hall–Kier alpha value is -3.95. The first-order valence-electron chi connectivity index (χ1n) is 22.2. The van der Waals surface area contributed by atoms with Crippen molar-refractivity contribution in [1.82, 2.24) is 0 Å². The number of aliphatic hydroxyl groups is 2. The monoisotopic (exact) mass is 804 g/mol. The third-order valence-corrected chi connectivity index (χ3v) is 12.4. The second-order valence-corrected chi connectivity index (χ2v) is 17.0. The molecule has 8 nitrogen and oxygen atoms in total. The molecule has 0 aromatic heterocycles. The lowest BCUT2D eigenvalue weighted by atomic mass is 9.68. The lowest BCUT2D eigenvalue weighted by Crippen LogP contribution is -2.30. The van der Waals surface area contributed by atoms with Crippen LogP contribution >= 0.6 is 0 Å². The smallest absolute Gasteiger partial charge is 0.308 e. The number of hydrogen-bond donors (Lipinski definition) is 2. The van der Waals surface area contributed by atoms with Crippen LogP contribution < -0.4 is 29.9 Å². The molecule has 2 aliphatic rings. The fourth-order valence-corrected chi connectivity index (χ4v) is 7.87. The normalized spacial score (nSPS) is 15.1. The Bertz CT molecular complexity index is 1870. The first-order valence-corrected chi connectivity index (χ1v) is 22.2. The van der Waals surface area contributed by atoms with Crippen LogP contribution in [0.1, 0.15) is 103 Å². The van der Waals surface area contributed by atoms with Gasteiger partial charge in [-0.1, -0.05) is 128 Å². The van der Waals surface area contributed by atoms with Gasteiger partial charge in [0.1, 0.15) is 0 Å². The third kappa shape index (κ3) is 9.52. The summed E-state index contributed by atoms with van der Waals surface area (Å²) < 4.78 is 38.8. The Labute approximate surface area is 354 Å². The molecule has 0 radical (unpaired) electrons. The highest BCUT2D eigenvalue weighted by atomic mass is 16.5. The molecule has 0 aliphatic heterocycles. The van der Waals surface area contributed by atoms with Crippen LogP contribution in [0.5, 0.6) is 23.0 Å². The van der Waals surface area contributed by atoms with E-state index in [-0.39, 0.29) is 26.4 Å². The predicted molar refractivity (Wildman–Crippen MR) is 242 cm³/mol. The van der Waals surface area contributed by atoms with Crippen molar-refractivity contribution in [3.63, 3.8) is 0 Å². The number of rotatable bonds is 24. The molecule has 0 bridgehead atoms. The van der Waals surface area contributed by atoms with Crippen molar-refractivity contribution in [3.05, 3.63) is 82.9 Å². The minimum absolute atomic E-state index is 0.0378. The van der Waals surface area contributed by atoms with Crippen molar-refractivity contribution in [1.29, 1.82) is 0 Å².